The number of hydrogen-bond donors (Lipinski definition) is 1. The highest BCUT2D eigenvalue weighted by molar-refractivity contribution is 6.23. The van der Waals surface area contributed by atoms with Crippen molar-refractivity contribution in [2.24, 2.45) is 23.7 Å². The smallest absolute Gasteiger partial charge is 0.263 e. The second-order valence-electron chi connectivity index (χ2n) is 10.6. The van der Waals surface area contributed by atoms with Gasteiger partial charge in [-0.1, -0.05) is 30.4 Å². The number of allylic oxidation sites excluding steroid dienone is 2. The number of anilines is 1. The number of nitrogens with zero attached hydrogens (tertiary/aromatic N) is 2. The van der Waals surface area contributed by atoms with Crippen LogP contribution in [0.1, 0.15) is 52.0 Å². The third-order valence-corrected chi connectivity index (χ3v) is 8.29. The molecule has 2 aromatic carbocycles. The minimum absolute atomic E-state index is 0.0206. The van der Waals surface area contributed by atoms with Crippen molar-refractivity contribution < 1.29 is 18.8 Å². The van der Waals surface area contributed by atoms with Crippen molar-refractivity contribution >= 4 is 23.4 Å². The SMILES string of the molecule is O=C(NC[C@H]1C[C@@H]2C=C[C@H]1C2)[C@H]1CCCN(c2cccc3c2C(=O)N(Cc2cccc(F)c2)C3=O)C1. The second-order valence-corrected chi connectivity index (χ2v) is 10.6. The summed E-state index contributed by atoms with van der Waals surface area (Å²) >= 11 is 0. The zero-order valence-electron chi connectivity index (χ0n) is 20.2. The van der Waals surface area contributed by atoms with Gasteiger partial charge in [-0.2, -0.15) is 0 Å². The minimum Gasteiger partial charge on any atom is -0.370 e. The van der Waals surface area contributed by atoms with Crippen molar-refractivity contribution in [3.63, 3.8) is 0 Å². The Kier molecular flexibility index (Phi) is 5.86. The summed E-state index contributed by atoms with van der Waals surface area (Å²) in [4.78, 5) is 42.8. The number of piperidine rings is 1. The number of halogens is 1. The third-order valence-electron chi connectivity index (χ3n) is 8.29. The van der Waals surface area contributed by atoms with Crippen molar-refractivity contribution in [1.29, 1.82) is 0 Å². The van der Waals surface area contributed by atoms with Crippen LogP contribution in [-0.4, -0.2) is 42.3 Å². The molecule has 2 heterocycles. The normalized spacial score (nSPS) is 26.6. The van der Waals surface area contributed by atoms with Gasteiger partial charge in [-0.05, 0) is 73.3 Å². The highest BCUT2D eigenvalue weighted by atomic mass is 19.1. The van der Waals surface area contributed by atoms with Crippen LogP contribution in [0.2, 0.25) is 0 Å². The average Bonchev–Trinajstić information content (AvgIpc) is 3.58. The fourth-order valence-corrected chi connectivity index (χ4v) is 6.46. The maximum Gasteiger partial charge on any atom is 0.263 e. The Labute approximate surface area is 210 Å². The van der Waals surface area contributed by atoms with Crippen molar-refractivity contribution in [3.8, 4) is 0 Å². The molecule has 0 radical (unpaired) electrons. The fourth-order valence-electron chi connectivity index (χ4n) is 6.46. The molecule has 36 heavy (non-hydrogen) atoms. The van der Waals surface area contributed by atoms with E-state index in [2.05, 4.69) is 22.4 Å². The molecule has 7 heteroatoms. The number of nitrogens with one attached hydrogen (secondary N) is 1. The van der Waals surface area contributed by atoms with Crippen LogP contribution in [0.25, 0.3) is 0 Å². The first kappa shape index (κ1) is 23.0. The van der Waals surface area contributed by atoms with E-state index in [9.17, 15) is 18.8 Å². The first-order chi connectivity index (χ1) is 17.5. The van der Waals surface area contributed by atoms with Crippen molar-refractivity contribution in [2.45, 2.75) is 32.2 Å². The molecule has 1 saturated carbocycles. The minimum atomic E-state index is -0.403. The molecule has 2 fully saturated rings. The van der Waals surface area contributed by atoms with Gasteiger partial charge < -0.3 is 10.2 Å². The van der Waals surface area contributed by atoms with E-state index in [1.807, 2.05) is 6.07 Å². The van der Waals surface area contributed by atoms with Crippen LogP contribution >= 0.6 is 0 Å². The predicted molar refractivity (Wildman–Crippen MR) is 134 cm³/mol. The van der Waals surface area contributed by atoms with Gasteiger partial charge in [-0.15, -0.1) is 0 Å². The molecule has 4 aliphatic rings. The number of amides is 3. The molecule has 3 amide bonds. The molecular weight excluding hydrogens is 457 g/mol. The lowest BCUT2D eigenvalue weighted by atomic mass is 9.92. The van der Waals surface area contributed by atoms with Crippen LogP contribution in [0.4, 0.5) is 10.1 Å². The molecule has 2 bridgehead atoms. The van der Waals surface area contributed by atoms with Gasteiger partial charge in [0.1, 0.15) is 5.82 Å². The van der Waals surface area contributed by atoms with Gasteiger partial charge >= 0.3 is 0 Å². The zero-order chi connectivity index (χ0) is 24.8. The summed E-state index contributed by atoms with van der Waals surface area (Å²) in [5, 5.41) is 3.20. The molecule has 6 rings (SSSR count). The summed E-state index contributed by atoms with van der Waals surface area (Å²) in [6.07, 6.45) is 8.65. The number of benzene rings is 2. The number of imide groups is 1. The average molecular weight is 488 g/mol. The van der Waals surface area contributed by atoms with Crippen molar-refractivity contribution in [2.75, 3.05) is 24.5 Å². The monoisotopic (exact) mass is 487 g/mol. The van der Waals surface area contributed by atoms with E-state index >= 15 is 0 Å². The van der Waals surface area contributed by atoms with Crippen LogP contribution in [0, 0.1) is 29.5 Å². The largest absolute Gasteiger partial charge is 0.370 e. The van der Waals surface area contributed by atoms with Gasteiger partial charge in [0.2, 0.25) is 5.91 Å². The van der Waals surface area contributed by atoms with Crippen LogP contribution in [0.15, 0.2) is 54.6 Å². The second kappa shape index (κ2) is 9.19. The molecule has 2 aromatic rings. The fraction of sp³-hybridized carbons (Fsp3) is 0.414. The Morgan fingerprint density at radius 3 is 2.69 bits per heavy atom. The molecule has 0 unspecified atom stereocenters. The summed E-state index contributed by atoms with van der Waals surface area (Å²) in [6, 6.07) is 11.3. The Hall–Kier alpha value is -3.48. The maximum atomic E-state index is 13.7. The summed E-state index contributed by atoms with van der Waals surface area (Å²) < 4.78 is 13.7. The van der Waals surface area contributed by atoms with E-state index in [0.29, 0.717) is 46.7 Å². The number of hydrogen-bond acceptors (Lipinski definition) is 4. The van der Waals surface area contributed by atoms with Gasteiger partial charge in [-0.25, -0.2) is 4.39 Å². The first-order valence-corrected chi connectivity index (χ1v) is 12.9. The van der Waals surface area contributed by atoms with Gasteiger partial charge in [0.25, 0.3) is 11.8 Å². The Morgan fingerprint density at radius 2 is 1.92 bits per heavy atom. The molecule has 186 valence electrons. The Morgan fingerprint density at radius 1 is 1.06 bits per heavy atom. The Bertz CT molecular complexity index is 1260. The van der Waals surface area contributed by atoms with Gasteiger partial charge in [0, 0.05) is 19.6 Å². The molecule has 1 saturated heterocycles. The number of carbonyl (C=O) groups excluding carboxylic acids is 3. The molecule has 2 aliphatic carbocycles. The first-order valence-electron chi connectivity index (χ1n) is 12.9. The van der Waals surface area contributed by atoms with E-state index in [1.165, 1.54) is 23.5 Å². The standard InChI is InChI=1S/C29H30FN3O3/c30-23-6-1-4-19(14-23)16-33-28(35)24-7-2-8-25(26(24)29(33)36)32-11-3-5-21(17-32)27(34)31-15-22-13-18-9-10-20(22)12-18/h1-2,4,6-10,14,18,20-22H,3,5,11-13,15-17H2,(H,31,34)/t18-,20+,21+,22-/m1/s1. The van der Waals surface area contributed by atoms with E-state index < -0.39 is 5.82 Å². The van der Waals surface area contributed by atoms with Gasteiger partial charge in [0.05, 0.1) is 29.3 Å². The van der Waals surface area contributed by atoms with Gasteiger partial charge in [0.15, 0.2) is 0 Å². The highest BCUT2D eigenvalue weighted by Gasteiger charge is 2.40. The topological polar surface area (TPSA) is 69.7 Å². The summed E-state index contributed by atoms with van der Waals surface area (Å²) in [5.41, 5.74) is 2.01. The quantitative estimate of drug-likeness (QED) is 0.491. The molecule has 6 nitrogen and oxygen atoms in total. The van der Waals surface area contributed by atoms with Crippen molar-refractivity contribution in [1.82, 2.24) is 10.2 Å². The summed E-state index contributed by atoms with van der Waals surface area (Å²) in [5.74, 6) is 0.603. The van der Waals surface area contributed by atoms with Crippen LogP contribution in [0.5, 0.6) is 0 Å². The maximum absolute atomic E-state index is 13.7. The molecule has 0 aromatic heterocycles. The zero-order valence-corrected chi connectivity index (χ0v) is 20.2. The number of fused-ring (bicyclic) bond motifs is 3. The summed E-state index contributed by atoms with van der Waals surface area (Å²) in [6.45, 7) is 1.99. The van der Waals surface area contributed by atoms with Crippen molar-refractivity contribution in [3.05, 3.63) is 77.1 Å². The number of rotatable bonds is 6. The third kappa shape index (κ3) is 4.10. The molecule has 2 aliphatic heterocycles. The van der Waals surface area contributed by atoms with E-state index in [1.54, 1.807) is 24.3 Å². The number of carbonyl (C=O) groups is 3. The lowest BCUT2D eigenvalue weighted by Crippen LogP contribution is -2.44. The highest BCUT2D eigenvalue weighted by Crippen LogP contribution is 2.43. The van der Waals surface area contributed by atoms with Gasteiger partial charge in [-0.3, -0.25) is 19.3 Å². The predicted octanol–water partition coefficient (Wildman–Crippen LogP) is 4.17. The Balaban J connectivity index is 1.16. The molecule has 4 atom stereocenters. The van der Waals surface area contributed by atoms with E-state index in [4.69, 9.17) is 0 Å². The molecule has 0 spiro atoms. The summed E-state index contributed by atoms with van der Waals surface area (Å²) in [7, 11) is 0. The van der Waals surface area contributed by atoms with E-state index in [-0.39, 0.29) is 30.2 Å². The van der Waals surface area contributed by atoms with Crippen LogP contribution in [-0.2, 0) is 11.3 Å². The molecule has 1 N–H and O–H groups in total. The van der Waals surface area contributed by atoms with Crippen LogP contribution in [0.3, 0.4) is 0 Å². The molecular formula is C29H30FN3O3. The lowest BCUT2D eigenvalue weighted by Gasteiger charge is -2.35. The van der Waals surface area contributed by atoms with Crippen LogP contribution < -0.4 is 10.2 Å². The van der Waals surface area contributed by atoms with E-state index in [0.717, 1.165) is 32.4 Å². The lowest BCUT2D eigenvalue weighted by molar-refractivity contribution is -0.125.